The van der Waals surface area contributed by atoms with Gasteiger partial charge in [0.2, 0.25) is 11.1 Å². The molecule has 0 radical (unpaired) electrons. The lowest BCUT2D eigenvalue weighted by Crippen LogP contribution is -2.36. The number of halogens is 1. The number of para-hydroxylation sites is 1. The lowest BCUT2D eigenvalue weighted by Gasteiger charge is -2.06. The number of benzene rings is 1. The van der Waals surface area contributed by atoms with E-state index in [9.17, 15) is 10.0 Å². The molecule has 0 unspecified atom stereocenters. The lowest BCUT2D eigenvalue weighted by molar-refractivity contribution is -0.621. The quantitative estimate of drug-likeness (QED) is 0.232. The molecule has 0 aliphatic carbocycles. The first kappa shape index (κ1) is 14.0. The Hall–Kier alpha value is -2.60. The Morgan fingerprint density at radius 1 is 1.22 bits per heavy atom. The van der Waals surface area contributed by atoms with Crippen LogP contribution in [-0.4, -0.2) is 4.98 Å². The van der Waals surface area contributed by atoms with Crippen LogP contribution < -0.4 is 10.4 Å². The van der Waals surface area contributed by atoms with Crippen molar-refractivity contribution in [1.82, 2.24) is 4.98 Å². The Morgan fingerprint density at radius 3 is 2.74 bits per heavy atom. The monoisotopic (exact) mass is 330 g/mol. The Labute approximate surface area is 134 Å². The Kier molecular flexibility index (Phi) is 2.86. The summed E-state index contributed by atoms with van der Waals surface area (Å²) in [6.45, 7) is 3.45. The second kappa shape index (κ2) is 4.70. The van der Waals surface area contributed by atoms with Crippen LogP contribution in [0, 0.1) is 19.1 Å². The third-order valence-electron chi connectivity index (χ3n) is 3.97. The van der Waals surface area contributed by atoms with Gasteiger partial charge in [0.05, 0.1) is 5.39 Å². The summed E-state index contributed by atoms with van der Waals surface area (Å²) in [4.78, 5) is 16.6. The van der Waals surface area contributed by atoms with E-state index in [2.05, 4.69) is 4.98 Å². The summed E-state index contributed by atoms with van der Waals surface area (Å²) >= 11 is 5.76. The molecule has 4 aromatic rings. The molecule has 0 atom stereocenters. The van der Waals surface area contributed by atoms with Crippen LogP contribution in [0.25, 0.3) is 33.0 Å². The second-order valence-corrected chi connectivity index (χ2v) is 5.63. The molecule has 6 nitrogen and oxygen atoms in total. The number of hydrogen-bond donors (Lipinski definition) is 0. The average Bonchev–Trinajstić information content (AvgIpc) is 2.92. The van der Waals surface area contributed by atoms with E-state index in [-0.39, 0.29) is 22.7 Å². The van der Waals surface area contributed by atoms with E-state index in [1.807, 2.05) is 19.1 Å². The summed E-state index contributed by atoms with van der Waals surface area (Å²) in [7, 11) is 0. The van der Waals surface area contributed by atoms with Gasteiger partial charge in [-0.25, -0.2) is 9.52 Å². The van der Waals surface area contributed by atoms with Gasteiger partial charge in [0.25, 0.3) is 0 Å². The van der Waals surface area contributed by atoms with Crippen molar-refractivity contribution in [2.75, 3.05) is 0 Å². The molecule has 0 amide bonds. The van der Waals surface area contributed by atoms with Gasteiger partial charge >= 0.3 is 11.4 Å². The predicted molar refractivity (Wildman–Crippen MR) is 85.5 cm³/mol. The highest BCUT2D eigenvalue weighted by Gasteiger charge is 2.26. The van der Waals surface area contributed by atoms with Crippen molar-refractivity contribution in [1.29, 1.82) is 0 Å². The Morgan fingerprint density at radius 2 is 2.00 bits per heavy atom. The highest BCUT2D eigenvalue weighted by Crippen LogP contribution is 2.32. The number of nitrogens with zero attached hydrogens (tertiary/aromatic N) is 2. The zero-order valence-corrected chi connectivity index (χ0v) is 13.1. The third kappa shape index (κ3) is 1.78. The van der Waals surface area contributed by atoms with Crippen molar-refractivity contribution in [3.8, 4) is 0 Å². The molecule has 23 heavy (non-hydrogen) atoms. The molecule has 4 rings (SSSR count). The van der Waals surface area contributed by atoms with E-state index in [1.165, 1.54) is 0 Å². The van der Waals surface area contributed by atoms with Gasteiger partial charge in [0.1, 0.15) is 11.5 Å². The fourth-order valence-corrected chi connectivity index (χ4v) is 2.98. The van der Waals surface area contributed by atoms with Crippen molar-refractivity contribution in [2.24, 2.45) is 0 Å². The van der Waals surface area contributed by atoms with E-state index in [0.29, 0.717) is 32.5 Å². The Bertz CT molecular complexity index is 1160. The maximum Gasteiger partial charge on any atom is 0.352 e. The summed E-state index contributed by atoms with van der Waals surface area (Å²) in [5, 5.41) is 13.0. The van der Waals surface area contributed by atoms with Gasteiger partial charge in [0, 0.05) is 6.92 Å². The molecule has 0 N–H and O–H groups in total. The van der Waals surface area contributed by atoms with Crippen LogP contribution in [0.1, 0.15) is 17.1 Å². The summed E-state index contributed by atoms with van der Waals surface area (Å²) < 4.78 is 11.9. The fraction of sp³-hybridized carbons (Fsp3) is 0.188. The zero-order chi connectivity index (χ0) is 16.3. The molecule has 7 heteroatoms. The summed E-state index contributed by atoms with van der Waals surface area (Å²) in [6, 6.07) is 5.50. The van der Waals surface area contributed by atoms with Crippen molar-refractivity contribution < 1.29 is 13.6 Å². The van der Waals surface area contributed by atoms with Crippen molar-refractivity contribution in [2.45, 2.75) is 19.7 Å². The molecule has 0 saturated heterocycles. The number of aryl methyl sites for hydroxylation is 2. The van der Waals surface area contributed by atoms with Crippen LogP contribution in [0.4, 0.5) is 0 Å². The van der Waals surface area contributed by atoms with Crippen LogP contribution in [0.5, 0.6) is 0 Å². The highest BCUT2D eigenvalue weighted by molar-refractivity contribution is 6.17. The first-order valence-corrected chi connectivity index (χ1v) is 7.50. The standard InChI is InChI=1S/C16H11ClN2O4/c1-7-4-3-5-9-13(7)23-16(20)11-12-14(22-15(9)11)8(2)19(21)10(6-17)18-12/h3-5H,6H2,1-2H3. The maximum atomic E-state index is 12.4. The average molecular weight is 331 g/mol. The number of hydrogen-bond acceptors (Lipinski definition) is 5. The first-order chi connectivity index (χ1) is 11.0. The fourth-order valence-electron chi connectivity index (χ4n) is 2.81. The van der Waals surface area contributed by atoms with E-state index in [4.69, 9.17) is 20.4 Å². The van der Waals surface area contributed by atoms with Crippen LogP contribution in [0.15, 0.2) is 31.8 Å². The lowest BCUT2D eigenvalue weighted by atomic mass is 10.1. The molecule has 0 aliphatic rings. The van der Waals surface area contributed by atoms with Crippen LogP contribution in [0.2, 0.25) is 0 Å². The largest absolute Gasteiger partial charge is 0.710 e. The molecule has 3 aromatic heterocycles. The van der Waals surface area contributed by atoms with Gasteiger partial charge in [-0.05, 0) is 23.5 Å². The SMILES string of the molecule is Cc1cccc2c1oc(=O)c1c3nc(CCl)[n+]([O-])c(C)c3oc21. The molecule has 0 saturated carbocycles. The molecule has 1 aromatic carbocycles. The van der Waals surface area contributed by atoms with Gasteiger partial charge in [-0.1, -0.05) is 12.1 Å². The smallest absolute Gasteiger partial charge is 0.352 e. The molecule has 0 fully saturated rings. The summed E-state index contributed by atoms with van der Waals surface area (Å²) in [5.74, 6) is 0.0495. The summed E-state index contributed by atoms with van der Waals surface area (Å²) in [6.07, 6.45) is 0. The van der Waals surface area contributed by atoms with E-state index in [0.717, 1.165) is 5.56 Å². The van der Waals surface area contributed by atoms with Gasteiger partial charge < -0.3 is 14.0 Å². The minimum atomic E-state index is -0.545. The van der Waals surface area contributed by atoms with Gasteiger partial charge in [0.15, 0.2) is 16.7 Å². The minimum Gasteiger partial charge on any atom is -0.710 e. The normalized spacial score (nSPS) is 11.8. The van der Waals surface area contributed by atoms with Crippen LogP contribution in [0.3, 0.4) is 0 Å². The molecule has 0 bridgehead atoms. The third-order valence-corrected chi connectivity index (χ3v) is 4.21. The van der Waals surface area contributed by atoms with Gasteiger partial charge in [-0.2, -0.15) is 0 Å². The summed E-state index contributed by atoms with van der Waals surface area (Å²) in [5.41, 5.74) is 2.00. The van der Waals surface area contributed by atoms with Crippen molar-refractivity contribution >= 4 is 44.6 Å². The highest BCUT2D eigenvalue weighted by atomic mass is 35.5. The number of furan rings is 1. The number of aromatic nitrogens is 2. The Balaban J connectivity index is 2.33. The van der Waals surface area contributed by atoms with Gasteiger partial charge in [-0.15, -0.1) is 11.6 Å². The van der Waals surface area contributed by atoms with Crippen LogP contribution >= 0.6 is 11.6 Å². The number of rotatable bonds is 1. The van der Waals surface area contributed by atoms with Crippen LogP contribution in [-0.2, 0) is 5.88 Å². The van der Waals surface area contributed by atoms with Gasteiger partial charge in [-0.3, -0.25) is 0 Å². The van der Waals surface area contributed by atoms with E-state index in [1.54, 1.807) is 13.0 Å². The molecule has 0 spiro atoms. The second-order valence-electron chi connectivity index (χ2n) is 5.37. The molecule has 0 aliphatic heterocycles. The number of fused-ring (bicyclic) bond motifs is 5. The van der Waals surface area contributed by atoms with Crippen molar-refractivity contribution in [3.05, 3.63) is 50.9 Å². The van der Waals surface area contributed by atoms with Crippen molar-refractivity contribution in [3.63, 3.8) is 0 Å². The maximum absolute atomic E-state index is 12.4. The predicted octanol–water partition coefficient (Wildman–Crippen LogP) is 3.08. The number of alkyl halides is 1. The topological polar surface area (TPSA) is 83.2 Å². The molecular formula is C16H11ClN2O4. The zero-order valence-electron chi connectivity index (χ0n) is 12.3. The van der Waals surface area contributed by atoms with E-state index < -0.39 is 5.63 Å². The molecular weight excluding hydrogens is 320 g/mol. The minimum absolute atomic E-state index is 0.0645. The first-order valence-electron chi connectivity index (χ1n) is 6.96. The molecule has 3 heterocycles. The van der Waals surface area contributed by atoms with E-state index >= 15 is 0 Å². The molecule has 116 valence electrons.